The molecule has 0 saturated heterocycles. The van der Waals surface area contributed by atoms with Crippen molar-refractivity contribution in [2.45, 2.75) is 25.8 Å². The third-order valence-electron chi connectivity index (χ3n) is 2.39. The van der Waals surface area contributed by atoms with Gasteiger partial charge in [0.05, 0.1) is 26.2 Å². The molecule has 1 atom stereocenters. The monoisotopic (exact) mass is 262 g/mol. The second-order valence-corrected chi connectivity index (χ2v) is 3.91. The molecular weight excluding hydrogens is 240 g/mol. The summed E-state index contributed by atoms with van der Waals surface area (Å²) in [6, 6.07) is -0.688. The minimum atomic E-state index is -0.934. The average molecular weight is 262 g/mol. The third kappa shape index (κ3) is 7.86. The first-order valence-electron chi connectivity index (χ1n) is 5.93. The zero-order valence-corrected chi connectivity index (χ0v) is 10.9. The standard InChI is InChI=1S/C11H22N2O5/c1-3-9(8-10(15)16)12-11(17)13(2)4-6-18-7-5-14/h9,14H,3-8H2,1-2H3,(H,12,17)(H,15,16). The molecule has 0 spiro atoms. The number of aliphatic carboxylic acids is 1. The molecule has 7 heteroatoms. The van der Waals surface area contributed by atoms with Gasteiger partial charge in [0.15, 0.2) is 0 Å². The maximum Gasteiger partial charge on any atom is 0.317 e. The van der Waals surface area contributed by atoms with Gasteiger partial charge >= 0.3 is 12.0 Å². The van der Waals surface area contributed by atoms with Gasteiger partial charge in [-0.15, -0.1) is 0 Å². The van der Waals surface area contributed by atoms with E-state index in [9.17, 15) is 9.59 Å². The number of carbonyl (C=O) groups is 2. The first-order chi connectivity index (χ1) is 8.51. The molecule has 3 N–H and O–H groups in total. The SMILES string of the molecule is CCC(CC(=O)O)NC(=O)N(C)CCOCCO. The molecule has 0 rings (SSSR count). The van der Waals surface area contributed by atoms with E-state index in [1.165, 1.54) is 4.90 Å². The van der Waals surface area contributed by atoms with Crippen molar-refractivity contribution in [2.75, 3.05) is 33.4 Å². The molecule has 0 aromatic heterocycles. The molecule has 0 aromatic rings. The van der Waals surface area contributed by atoms with E-state index in [0.29, 0.717) is 19.6 Å². The molecule has 18 heavy (non-hydrogen) atoms. The molecule has 0 saturated carbocycles. The Hall–Kier alpha value is -1.34. The number of carboxylic acid groups (broad SMARTS) is 1. The summed E-state index contributed by atoms with van der Waals surface area (Å²) in [5.74, 6) is -0.934. The molecule has 0 radical (unpaired) electrons. The van der Waals surface area contributed by atoms with Gasteiger partial charge in [0.25, 0.3) is 0 Å². The van der Waals surface area contributed by atoms with Crippen LogP contribution in [0.25, 0.3) is 0 Å². The van der Waals surface area contributed by atoms with Crippen LogP contribution in [0.1, 0.15) is 19.8 Å². The Bertz CT molecular complexity index is 260. The van der Waals surface area contributed by atoms with E-state index < -0.39 is 5.97 Å². The summed E-state index contributed by atoms with van der Waals surface area (Å²) < 4.78 is 5.03. The number of aliphatic hydroxyl groups is 1. The van der Waals surface area contributed by atoms with Crippen LogP contribution in [0.2, 0.25) is 0 Å². The summed E-state index contributed by atoms with van der Waals surface area (Å²) in [5, 5.41) is 19.8. The van der Waals surface area contributed by atoms with Crippen LogP contribution in [-0.2, 0) is 9.53 Å². The number of carboxylic acids is 1. The highest BCUT2D eigenvalue weighted by atomic mass is 16.5. The number of urea groups is 1. The number of hydrogen-bond donors (Lipinski definition) is 3. The quantitative estimate of drug-likeness (QED) is 0.503. The second-order valence-electron chi connectivity index (χ2n) is 3.91. The maximum atomic E-state index is 11.7. The second kappa shape index (κ2) is 9.67. The van der Waals surface area contributed by atoms with Crippen LogP contribution >= 0.6 is 0 Å². The fourth-order valence-corrected chi connectivity index (χ4v) is 1.26. The number of ether oxygens (including phenoxy) is 1. The number of aliphatic hydroxyl groups excluding tert-OH is 1. The van der Waals surface area contributed by atoms with Crippen LogP contribution in [0.3, 0.4) is 0 Å². The van der Waals surface area contributed by atoms with Crippen molar-refractivity contribution >= 4 is 12.0 Å². The van der Waals surface area contributed by atoms with Crippen LogP contribution in [-0.4, -0.2) is 66.6 Å². The first-order valence-corrected chi connectivity index (χ1v) is 5.93. The lowest BCUT2D eigenvalue weighted by Crippen LogP contribution is -2.44. The molecule has 0 fully saturated rings. The number of likely N-dealkylation sites (N-methyl/N-ethyl adjacent to an activating group) is 1. The molecular formula is C11H22N2O5. The zero-order valence-electron chi connectivity index (χ0n) is 10.9. The molecule has 0 aliphatic heterocycles. The highest BCUT2D eigenvalue weighted by molar-refractivity contribution is 5.75. The smallest absolute Gasteiger partial charge is 0.317 e. The van der Waals surface area contributed by atoms with E-state index in [1.54, 1.807) is 7.05 Å². The number of rotatable bonds is 9. The predicted octanol–water partition coefficient (Wildman–Crippen LogP) is -0.110. The maximum absolute atomic E-state index is 11.7. The molecule has 0 aromatic carbocycles. The van der Waals surface area contributed by atoms with Gasteiger partial charge in [-0.05, 0) is 6.42 Å². The normalized spacial score (nSPS) is 11.9. The molecule has 0 bridgehead atoms. The lowest BCUT2D eigenvalue weighted by molar-refractivity contribution is -0.137. The van der Waals surface area contributed by atoms with Gasteiger partial charge in [-0.2, -0.15) is 0 Å². The van der Waals surface area contributed by atoms with E-state index in [4.69, 9.17) is 14.9 Å². The minimum absolute atomic E-state index is 0.0492. The van der Waals surface area contributed by atoms with Crippen molar-refractivity contribution in [3.05, 3.63) is 0 Å². The largest absolute Gasteiger partial charge is 0.481 e. The lowest BCUT2D eigenvalue weighted by atomic mass is 10.1. The highest BCUT2D eigenvalue weighted by Gasteiger charge is 2.16. The summed E-state index contributed by atoms with van der Waals surface area (Å²) in [7, 11) is 1.60. The number of nitrogens with zero attached hydrogens (tertiary/aromatic N) is 1. The summed E-state index contributed by atoms with van der Waals surface area (Å²) in [6.45, 7) is 2.73. The third-order valence-corrected chi connectivity index (χ3v) is 2.39. The Morgan fingerprint density at radius 1 is 1.39 bits per heavy atom. The van der Waals surface area contributed by atoms with Gasteiger partial charge in [0, 0.05) is 19.6 Å². The van der Waals surface area contributed by atoms with E-state index in [-0.39, 0.29) is 31.7 Å². The van der Waals surface area contributed by atoms with Gasteiger partial charge < -0.3 is 25.2 Å². The summed E-state index contributed by atoms with van der Waals surface area (Å²) in [6.07, 6.45) is 0.476. The fourth-order valence-electron chi connectivity index (χ4n) is 1.26. The van der Waals surface area contributed by atoms with Crippen LogP contribution < -0.4 is 5.32 Å². The fraction of sp³-hybridized carbons (Fsp3) is 0.818. The van der Waals surface area contributed by atoms with Gasteiger partial charge in [0.2, 0.25) is 0 Å². The Balaban J connectivity index is 3.93. The van der Waals surface area contributed by atoms with Crippen LogP contribution in [0.15, 0.2) is 0 Å². The molecule has 1 unspecified atom stereocenters. The van der Waals surface area contributed by atoms with Gasteiger partial charge in [-0.25, -0.2) is 4.79 Å². The van der Waals surface area contributed by atoms with E-state index in [0.717, 1.165) is 0 Å². The number of hydrogen-bond acceptors (Lipinski definition) is 4. The van der Waals surface area contributed by atoms with E-state index >= 15 is 0 Å². The highest BCUT2D eigenvalue weighted by Crippen LogP contribution is 1.99. The summed E-state index contributed by atoms with van der Waals surface area (Å²) in [5.41, 5.74) is 0. The topological polar surface area (TPSA) is 99.1 Å². The Morgan fingerprint density at radius 3 is 2.56 bits per heavy atom. The van der Waals surface area contributed by atoms with Crippen LogP contribution in [0.4, 0.5) is 4.79 Å². The van der Waals surface area contributed by atoms with Gasteiger partial charge in [-0.3, -0.25) is 4.79 Å². The average Bonchev–Trinajstić information content (AvgIpc) is 2.32. The lowest BCUT2D eigenvalue weighted by Gasteiger charge is -2.21. The molecule has 106 valence electrons. The van der Waals surface area contributed by atoms with Crippen LogP contribution in [0, 0.1) is 0 Å². The van der Waals surface area contributed by atoms with E-state index in [1.807, 2.05) is 6.92 Å². The molecule has 7 nitrogen and oxygen atoms in total. The molecule has 0 aliphatic rings. The number of nitrogens with one attached hydrogen (secondary N) is 1. The summed E-state index contributed by atoms with van der Waals surface area (Å²) in [4.78, 5) is 23.6. The van der Waals surface area contributed by atoms with Crippen molar-refractivity contribution in [3.63, 3.8) is 0 Å². The number of amides is 2. The first kappa shape index (κ1) is 16.7. The van der Waals surface area contributed by atoms with Crippen molar-refractivity contribution < 1.29 is 24.5 Å². The van der Waals surface area contributed by atoms with Gasteiger partial charge in [-0.1, -0.05) is 6.92 Å². The van der Waals surface area contributed by atoms with E-state index in [2.05, 4.69) is 5.32 Å². The van der Waals surface area contributed by atoms with Crippen molar-refractivity contribution in [2.24, 2.45) is 0 Å². The Kier molecular flexibility index (Phi) is 8.95. The summed E-state index contributed by atoms with van der Waals surface area (Å²) >= 11 is 0. The Morgan fingerprint density at radius 2 is 2.06 bits per heavy atom. The van der Waals surface area contributed by atoms with Crippen molar-refractivity contribution in [3.8, 4) is 0 Å². The molecule has 0 heterocycles. The van der Waals surface area contributed by atoms with Crippen molar-refractivity contribution in [1.82, 2.24) is 10.2 Å². The zero-order chi connectivity index (χ0) is 14.0. The number of carbonyl (C=O) groups excluding carboxylic acids is 1. The predicted molar refractivity (Wildman–Crippen MR) is 65.4 cm³/mol. The molecule has 0 aliphatic carbocycles. The van der Waals surface area contributed by atoms with Crippen LogP contribution in [0.5, 0.6) is 0 Å². The van der Waals surface area contributed by atoms with Crippen molar-refractivity contribution in [1.29, 1.82) is 0 Å². The molecule has 2 amide bonds. The minimum Gasteiger partial charge on any atom is -0.481 e. The Labute approximate surface area is 107 Å². The van der Waals surface area contributed by atoms with Gasteiger partial charge in [0.1, 0.15) is 0 Å².